The van der Waals surface area contributed by atoms with E-state index in [0.29, 0.717) is 69.5 Å². The molecule has 2 atom stereocenters. The highest BCUT2D eigenvalue weighted by Crippen LogP contribution is 2.35. The maximum Gasteiger partial charge on any atom is 0.333 e. The Labute approximate surface area is 312 Å². The van der Waals surface area contributed by atoms with Crippen LogP contribution in [0.15, 0.2) is 48.5 Å². The fourth-order valence-electron chi connectivity index (χ4n) is 6.30. The fraction of sp³-hybridized carbons (Fsp3) is 0.526. The lowest BCUT2D eigenvalue weighted by Crippen LogP contribution is -2.51. The van der Waals surface area contributed by atoms with Crippen molar-refractivity contribution < 1.29 is 42.7 Å². The van der Waals surface area contributed by atoms with E-state index in [9.17, 15) is 28.8 Å². The topological polar surface area (TPSA) is 195 Å². The van der Waals surface area contributed by atoms with Crippen LogP contribution < -0.4 is 26.3 Å². The predicted octanol–water partition coefficient (Wildman–Crippen LogP) is 0.471. The number of methoxy groups -OCH3 is 2. The summed E-state index contributed by atoms with van der Waals surface area (Å²) in [5, 5.41) is 2.66. The second kappa shape index (κ2) is 21.6. The normalized spacial score (nSPS) is 15.9. The van der Waals surface area contributed by atoms with E-state index in [0.717, 1.165) is 11.1 Å². The van der Waals surface area contributed by atoms with Crippen molar-refractivity contribution in [2.45, 2.75) is 51.6 Å². The van der Waals surface area contributed by atoms with Gasteiger partial charge in [0.25, 0.3) is 5.91 Å². The Morgan fingerprint density at radius 3 is 2.21 bits per heavy atom. The Morgan fingerprint density at radius 1 is 0.849 bits per heavy atom. The first-order valence-electron chi connectivity index (χ1n) is 18.1. The second-order valence-electron chi connectivity index (χ2n) is 13.2. The number of hydrogen-bond acceptors (Lipinski definition) is 10. The molecule has 1 unspecified atom stereocenters. The molecule has 0 aromatic heterocycles. The van der Waals surface area contributed by atoms with Crippen LogP contribution >= 0.6 is 0 Å². The molecule has 1 saturated heterocycles. The quantitative estimate of drug-likeness (QED) is 0.0590. The van der Waals surface area contributed by atoms with E-state index in [-0.39, 0.29) is 80.6 Å². The Balaban J connectivity index is 1.66. The molecule has 290 valence electrons. The third-order valence-corrected chi connectivity index (χ3v) is 9.52. The van der Waals surface area contributed by atoms with Crippen LogP contribution in [0.3, 0.4) is 0 Å². The van der Waals surface area contributed by atoms with Crippen LogP contribution in [0.4, 0.5) is 0 Å². The van der Waals surface area contributed by atoms with Crippen LogP contribution in [0, 0.1) is 0 Å². The Hall–Kier alpha value is -4.86. The molecule has 0 radical (unpaired) electrons. The number of nitrogens with zero attached hydrogens (tertiary/aromatic N) is 4. The van der Waals surface area contributed by atoms with Crippen molar-refractivity contribution in [2.75, 3.05) is 79.7 Å². The number of aldehydes is 1. The van der Waals surface area contributed by atoms with Gasteiger partial charge >= 0.3 is 5.91 Å². The number of carbonyl (C=O) groups excluding carboxylic acids is 6. The van der Waals surface area contributed by atoms with Crippen LogP contribution in [0.1, 0.15) is 43.7 Å². The van der Waals surface area contributed by atoms with Gasteiger partial charge in [-0.3, -0.25) is 19.2 Å². The number of ether oxygens (including phenoxy) is 2. The summed E-state index contributed by atoms with van der Waals surface area (Å²) in [6.07, 6.45) is 3.58. The average Bonchev–Trinajstić information content (AvgIpc) is 3.86. The van der Waals surface area contributed by atoms with Gasteiger partial charge in [0.2, 0.25) is 17.7 Å². The van der Waals surface area contributed by atoms with Gasteiger partial charge in [-0.1, -0.05) is 36.4 Å². The SMILES string of the molecule is COc1ccc(CCN(CC=O)C(=O)C[N+]2(C(=O)CNC(=O)CN(CCCCN)C(=O)CN(Cc3ccccc3)C(C)=O)C[C@@H]2CCCN)cc1OC. The minimum absolute atomic E-state index is 0.134. The molecular formula is C38H56N7O8+. The molecule has 2 aromatic carbocycles. The fourth-order valence-corrected chi connectivity index (χ4v) is 6.30. The highest BCUT2D eigenvalue weighted by Gasteiger charge is 2.61. The number of amides is 5. The molecule has 53 heavy (non-hydrogen) atoms. The number of nitrogens with two attached hydrogens (primary N) is 2. The Morgan fingerprint density at radius 2 is 1.57 bits per heavy atom. The number of hydrogen-bond donors (Lipinski definition) is 3. The Bertz CT molecular complexity index is 1540. The lowest BCUT2D eigenvalue weighted by Gasteiger charge is -2.27. The minimum atomic E-state index is -0.542. The van der Waals surface area contributed by atoms with Gasteiger partial charge in [-0.25, -0.2) is 9.28 Å². The summed E-state index contributed by atoms with van der Waals surface area (Å²) in [5.74, 6) is -0.798. The molecule has 2 aromatic rings. The zero-order valence-electron chi connectivity index (χ0n) is 31.3. The highest BCUT2D eigenvalue weighted by molar-refractivity contribution is 5.90. The van der Waals surface area contributed by atoms with E-state index >= 15 is 0 Å². The van der Waals surface area contributed by atoms with Gasteiger partial charge in [0.05, 0.1) is 27.3 Å². The van der Waals surface area contributed by atoms with E-state index in [4.69, 9.17) is 20.9 Å². The number of rotatable bonds is 24. The summed E-state index contributed by atoms with van der Waals surface area (Å²) >= 11 is 0. The number of benzene rings is 2. The van der Waals surface area contributed by atoms with Crippen molar-refractivity contribution in [2.24, 2.45) is 11.5 Å². The van der Waals surface area contributed by atoms with Crippen molar-refractivity contribution in [3.8, 4) is 11.5 Å². The maximum absolute atomic E-state index is 13.8. The van der Waals surface area contributed by atoms with Crippen molar-refractivity contribution in [3.05, 3.63) is 59.7 Å². The van der Waals surface area contributed by atoms with Gasteiger partial charge in [-0.05, 0) is 62.0 Å². The summed E-state index contributed by atoms with van der Waals surface area (Å²) in [4.78, 5) is 82.3. The van der Waals surface area contributed by atoms with E-state index in [1.165, 1.54) is 28.7 Å². The molecule has 0 spiro atoms. The lowest BCUT2D eigenvalue weighted by atomic mass is 10.1. The average molecular weight is 739 g/mol. The summed E-state index contributed by atoms with van der Waals surface area (Å²) in [5.41, 5.74) is 13.2. The largest absolute Gasteiger partial charge is 0.493 e. The first-order valence-corrected chi connectivity index (χ1v) is 18.1. The Kier molecular flexibility index (Phi) is 17.4. The van der Waals surface area contributed by atoms with E-state index in [1.54, 1.807) is 13.2 Å². The van der Waals surface area contributed by atoms with Gasteiger partial charge in [0.1, 0.15) is 32.0 Å². The van der Waals surface area contributed by atoms with Gasteiger partial charge in [-0.2, -0.15) is 0 Å². The van der Waals surface area contributed by atoms with Crippen LogP contribution in [-0.2, 0) is 41.7 Å². The molecule has 15 heteroatoms. The predicted molar refractivity (Wildman–Crippen MR) is 198 cm³/mol. The van der Waals surface area contributed by atoms with Crippen LogP contribution in [0.5, 0.6) is 11.5 Å². The van der Waals surface area contributed by atoms with Crippen molar-refractivity contribution in [1.29, 1.82) is 0 Å². The molecule has 0 saturated carbocycles. The van der Waals surface area contributed by atoms with Gasteiger partial charge in [-0.15, -0.1) is 0 Å². The molecule has 15 nitrogen and oxygen atoms in total. The molecule has 5 amide bonds. The summed E-state index contributed by atoms with van der Waals surface area (Å²) in [6, 6.07) is 14.6. The zero-order valence-corrected chi connectivity index (χ0v) is 31.3. The standard InChI is InChI=1S/C38H55N7O8/c1-29(47)44(24-31-10-5-4-6-11-31)26-36(49)43(18-8-7-16-39)25-35(48)41-23-38(51)45(27-32(45)12-9-17-40)28-37(50)42(20-21-46)19-15-30-13-14-33(52-2)34(22-30)53-3/h4-6,10-11,13-14,21-22,32H,7-9,12,15-20,23-28,39-40H2,1-3H3/p+1/t32-,45?/m0/s1. The second-order valence-corrected chi connectivity index (χ2v) is 13.2. The first kappa shape index (κ1) is 42.6. The molecule has 0 bridgehead atoms. The maximum atomic E-state index is 13.8. The highest BCUT2D eigenvalue weighted by atomic mass is 16.5. The molecule has 0 aliphatic carbocycles. The molecule has 1 aliphatic heterocycles. The molecule has 1 heterocycles. The van der Waals surface area contributed by atoms with Crippen molar-refractivity contribution >= 4 is 35.8 Å². The van der Waals surface area contributed by atoms with Crippen LogP contribution in [0.25, 0.3) is 0 Å². The number of quaternary nitrogens is 1. The number of nitrogens with one attached hydrogen (secondary N) is 1. The number of carbonyl (C=O) groups is 6. The van der Waals surface area contributed by atoms with Crippen LogP contribution in [-0.4, -0.2) is 141 Å². The van der Waals surface area contributed by atoms with Crippen LogP contribution in [0.2, 0.25) is 0 Å². The smallest absolute Gasteiger partial charge is 0.333 e. The summed E-state index contributed by atoms with van der Waals surface area (Å²) in [6.45, 7) is 2.22. The molecule has 5 N–H and O–H groups in total. The third-order valence-electron chi connectivity index (χ3n) is 9.52. The zero-order chi connectivity index (χ0) is 38.8. The van der Waals surface area contributed by atoms with Gasteiger partial charge in [0, 0.05) is 33.0 Å². The molecule has 3 rings (SSSR count). The molecule has 1 aliphatic rings. The molecule has 1 fully saturated rings. The van der Waals surface area contributed by atoms with E-state index in [2.05, 4.69) is 5.32 Å². The minimum Gasteiger partial charge on any atom is -0.493 e. The van der Waals surface area contributed by atoms with E-state index < -0.39 is 11.8 Å². The summed E-state index contributed by atoms with van der Waals surface area (Å²) in [7, 11) is 3.08. The van der Waals surface area contributed by atoms with Crippen molar-refractivity contribution in [3.63, 3.8) is 0 Å². The first-order chi connectivity index (χ1) is 25.5. The van der Waals surface area contributed by atoms with Crippen molar-refractivity contribution in [1.82, 2.24) is 20.0 Å². The molecular weight excluding hydrogens is 682 g/mol. The third kappa shape index (κ3) is 12.9. The van der Waals surface area contributed by atoms with E-state index in [1.807, 2.05) is 42.5 Å². The van der Waals surface area contributed by atoms with Gasteiger partial charge in [0.15, 0.2) is 18.0 Å². The number of unbranched alkanes of at least 4 members (excludes halogenated alkanes) is 1. The summed E-state index contributed by atoms with van der Waals surface area (Å²) < 4.78 is 10.5. The van der Waals surface area contributed by atoms with Gasteiger partial charge < -0.3 is 45.8 Å². The lowest BCUT2D eigenvalue weighted by molar-refractivity contribution is -0.725. The monoisotopic (exact) mass is 738 g/mol.